The average Bonchev–Trinajstić information content (AvgIpc) is 2.83. The molecular formula is C29H25NO4. The van der Waals surface area contributed by atoms with Crippen LogP contribution in [0.4, 0.5) is 5.69 Å². The molecule has 5 heteroatoms. The standard InChI is InChI=1S/C29H25NO4/c1-28(2)17-29(34-26-20-11-7-8-12-22(20)33-27(31)25(26)28)16-24(18-9-5-4-6-10-18)32-23-15-19(30-3)13-14-21(23)29/h4-16,30H,17H2,1-3H3. The van der Waals surface area contributed by atoms with E-state index in [1.54, 1.807) is 6.07 Å². The van der Waals surface area contributed by atoms with E-state index in [4.69, 9.17) is 13.9 Å². The molecule has 5 nitrogen and oxygen atoms in total. The fourth-order valence-electron chi connectivity index (χ4n) is 5.30. The number of hydrogen-bond acceptors (Lipinski definition) is 5. The van der Waals surface area contributed by atoms with Crippen molar-refractivity contribution < 1.29 is 13.9 Å². The summed E-state index contributed by atoms with van der Waals surface area (Å²) in [6.45, 7) is 4.16. The van der Waals surface area contributed by atoms with Gasteiger partial charge in [0, 0.05) is 47.8 Å². The second-order valence-corrected chi connectivity index (χ2v) is 9.58. The Morgan fingerprint density at radius 1 is 0.941 bits per heavy atom. The fourth-order valence-corrected chi connectivity index (χ4v) is 5.30. The Morgan fingerprint density at radius 2 is 1.71 bits per heavy atom. The zero-order chi connectivity index (χ0) is 23.5. The van der Waals surface area contributed by atoms with Crippen molar-refractivity contribution in [2.75, 3.05) is 12.4 Å². The van der Waals surface area contributed by atoms with Gasteiger partial charge in [-0.1, -0.05) is 56.3 Å². The molecule has 4 aromatic rings. The van der Waals surface area contributed by atoms with Gasteiger partial charge in [0.25, 0.3) is 0 Å². The molecule has 1 N–H and O–H groups in total. The van der Waals surface area contributed by atoms with Crippen molar-refractivity contribution in [1.82, 2.24) is 0 Å². The molecule has 0 fully saturated rings. The number of ether oxygens (including phenoxy) is 2. The van der Waals surface area contributed by atoms with Crippen molar-refractivity contribution in [1.29, 1.82) is 0 Å². The van der Waals surface area contributed by atoms with Crippen molar-refractivity contribution in [2.45, 2.75) is 31.3 Å². The van der Waals surface area contributed by atoms with Crippen LogP contribution in [-0.4, -0.2) is 7.05 Å². The van der Waals surface area contributed by atoms with Crippen LogP contribution in [0.5, 0.6) is 11.5 Å². The first-order valence-electron chi connectivity index (χ1n) is 11.4. The van der Waals surface area contributed by atoms with E-state index in [-0.39, 0.29) is 5.63 Å². The average molecular weight is 452 g/mol. The summed E-state index contributed by atoms with van der Waals surface area (Å²) in [4.78, 5) is 13.1. The smallest absolute Gasteiger partial charge is 0.343 e. The van der Waals surface area contributed by atoms with Crippen LogP contribution >= 0.6 is 0 Å². The number of hydrogen-bond donors (Lipinski definition) is 1. The summed E-state index contributed by atoms with van der Waals surface area (Å²) < 4.78 is 19.0. The molecule has 0 amide bonds. The minimum Gasteiger partial charge on any atom is -0.477 e. The number of anilines is 1. The molecular weight excluding hydrogens is 426 g/mol. The highest BCUT2D eigenvalue weighted by Crippen LogP contribution is 2.55. The maximum Gasteiger partial charge on any atom is 0.343 e. The van der Waals surface area contributed by atoms with Crippen molar-refractivity contribution >= 4 is 22.4 Å². The maximum atomic E-state index is 13.1. The van der Waals surface area contributed by atoms with Crippen LogP contribution < -0.4 is 20.4 Å². The van der Waals surface area contributed by atoms with E-state index < -0.39 is 11.0 Å². The monoisotopic (exact) mass is 451 g/mol. The number of benzene rings is 3. The Kier molecular flexibility index (Phi) is 4.40. The number of nitrogens with one attached hydrogen (secondary N) is 1. The summed E-state index contributed by atoms with van der Waals surface area (Å²) in [6.07, 6.45) is 2.62. The molecule has 1 unspecified atom stereocenters. The molecule has 2 aliphatic rings. The molecule has 1 spiro atoms. The molecule has 0 aliphatic carbocycles. The van der Waals surface area contributed by atoms with Gasteiger partial charge < -0.3 is 19.2 Å². The van der Waals surface area contributed by atoms with E-state index in [1.165, 1.54) is 0 Å². The van der Waals surface area contributed by atoms with Gasteiger partial charge in [0.15, 0.2) is 5.60 Å². The van der Waals surface area contributed by atoms with E-state index in [0.717, 1.165) is 33.7 Å². The van der Waals surface area contributed by atoms with Gasteiger partial charge in [0.05, 0.1) is 10.9 Å². The second-order valence-electron chi connectivity index (χ2n) is 9.58. The third-order valence-corrected chi connectivity index (χ3v) is 6.80. The first kappa shape index (κ1) is 20.6. The third-order valence-electron chi connectivity index (χ3n) is 6.80. The summed E-state index contributed by atoms with van der Waals surface area (Å²) in [7, 11) is 1.89. The normalized spacial score (nSPS) is 20.0. The molecule has 0 bridgehead atoms. The van der Waals surface area contributed by atoms with Crippen LogP contribution in [0.3, 0.4) is 0 Å². The fraction of sp³-hybridized carbons (Fsp3) is 0.207. The third kappa shape index (κ3) is 3.04. The first-order valence-corrected chi connectivity index (χ1v) is 11.4. The molecule has 1 aromatic heterocycles. The highest BCUT2D eigenvalue weighted by Gasteiger charge is 2.50. The molecule has 0 radical (unpaired) electrons. The SMILES string of the molecule is CNc1ccc2c(c1)OC(c1ccccc1)=CC21CC(C)(C)c2c(c3ccccc3oc2=O)O1. The molecule has 0 saturated carbocycles. The lowest BCUT2D eigenvalue weighted by molar-refractivity contribution is 0.0541. The van der Waals surface area contributed by atoms with Crippen LogP contribution in [0.25, 0.3) is 16.7 Å². The van der Waals surface area contributed by atoms with Crippen LogP contribution in [-0.2, 0) is 11.0 Å². The zero-order valence-corrected chi connectivity index (χ0v) is 19.3. The lowest BCUT2D eigenvalue weighted by atomic mass is 9.69. The number of rotatable bonds is 2. The Hall–Kier alpha value is -3.99. The number of para-hydroxylation sites is 1. The van der Waals surface area contributed by atoms with Crippen molar-refractivity contribution in [3.8, 4) is 11.5 Å². The molecule has 3 aromatic carbocycles. The van der Waals surface area contributed by atoms with E-state index in [2.05, 4.69) is 25.2 Å². The Bertz CT molecular complexity index is 1520. The maximum absolute atomic E-state index is 13.1. The molecule has 0 saturated heterocycles. The van der Waals surface area contributed by atoms with Crippen molar-refractivity contribution in [2.24, 2.45) is 0 Å². The number of fused-ring (bicyclic) bond motifs is 5. The summed E-state index contributed by atoms with van der Waals surface area (Å²) in [5, 5.41) is 3.98. The van der Waals surface area contributed by atoms with Gasteiger partial charge in [0.2, 0.25) is 0 Å². The molecule has 1 atom stereocenters. The topological polar surface area (TPSA) is 60.7 Å². The van der Waals surface area contributed by atoms with Gasteiger partial charge in [-0.15, -0.1) is 0 Å². The highest BCUT2D eigenvalue weighted by molar-refractivity contribution is 5.85. The minimum absolute atomic E-state index is 0.348. The van der Waals surface area contributed by atoms with E-state index >= 15 is 0 Å². The predicted molar refractivity (Wildman–Crippen MR) is 133 cm³/mol. The lowest BCUT2D eigenvalue weighted by Crippen LogP contribution is -2.46. The first-order chi connectivity index (χ1) is 16.4. The summed E-state index contributed by atoms with van der Waals surface area (Å²) in [5.74, 6) is 2.05. The van der Waals surface area contributed by atoms with Crippen LogP contribution in [0.2, 0.25) is 0 Å². The Labute approximate surface area is 197 Å². The predicted octanol–water partition coefficient (Wildman–Crippen LogP) is 6.22. The van der Waals surface area contributed by atoms with Crippen LogP contribution in [0.15, 0.2) is 88.1 Å². The van der Waals surface area contributed by atoms with Crippen molar-refractivity contribution in [3.63, 3.8) is 0 Å². The van der Waals surface area contributed by atoms with Crippen LogP contribution in [0.1, 0.15) is 37.0 Å². The summed E-state index contributed by atoms with van der Waals surface area (Å²) in [6, 6.07) is 23.6. The van der Waals surface area contributed by atoms with Gasteiger partial charge in [-0.05, 0) is 24.3 Å². The lowest BCUT2D eigenvalue weighted by Gasteiger charge is -2.46. The minimum atomic E-state index is -0.821. The quantitative estimate of drug-likeness (QED) is 0.367. The molecule has 2 aliphatic heterocycles. The highest BCUT2D eigenvalue weighted by atomic mass is 16.5. The van der Waals surface area contributed by atoms with Crippen LogP contribution in [0, 0.1) is 0 Å². The summed E-state index contributed by atoms with van der Waals surface area (Å²) >= 11 is 0. The zero-order valence-electron chi connectivity index (χ0n) is 19.3. The van der Waals surface area contributed by atoms with Gasteiger partial charge in [0.1, 0.15) is 22.8 Å². The van der Waals surface area contributed by atoms with Gasteiger partial charge >= 0.3 is 5.63 Å². The molecule has 6 rings (SSSR count). The summed E-state index contributed by atoms with van der Waals surface area (Å²) in [5.41, 5.74) is 2.26. The Balaban J connectivity index is 1.65. The van der Waals surface area contributed by atoms with Crippen molar-refractivity contribution in [3.05, 3.63) is 106 Å². The second kappa shape index (κ2) is 7.26. The van der Waals surface area contributed by atoms with E-state index in [0.29, 0.717) is 23.3 Å². The van der Waals surface area contributed by atoms with Gasteiger partial charge in [-0.2, -0.15) is 0 Å². The Morgan fingerprint density at radius 3 is 2.50 bits per heavy atom. The molecule has 170 valence electrons. The van der Waals surface area contributed by atoms with E-state index in [9.17, 15) is 4.79 Å². The molecule has 3 heterocycles. The largest absolute Gasteiger partial charge is 0.477 e. The van der Waals surface area contributed by atoms with E-state index in [1.807, 2.05) is 73.8 Å². The molecule has 34 heavy (non-hydrogen) atoms. The van der Waals surface area contributed by atoms with Gasteiger partial charge in [-0.3, -0.25) is 0 Å². The van der Waals surface area contributed by atoms with Gasteiger partial charge in [-0.25, -0.2) is 4.79 Å².